The van der Waals surface area contributed by atoms with Crippen molar-refractivity contribution in [1.29, 1.82) is 0 Å². The van der Waals surface area contributed by atoms with Crippen molar-refractivity contribution >= 4 is 5.91 Å². The van der Waals surface area contributed by atoms with Crippen LogP contribution < -0.4 is 29.3 Å². The highest BCUT2D eigenvalue weighted by molar-refractivity contribution is 5.90. The summed E-state index contributed by atoms with van der Waals surface area (Å²) in [5, 5.41) is 14.7. The molecule has 1 saturated heterocycles. The number of nitrogens with zero attached hydrogens (tertiary/aromatic N) is 1. The fraction of sp³-hybridized carbons (Fsp3) is 0.345. The first-order valence-corrected chi connectivity index (χ1v) is 11.9. The molecule has 5 rings (SSSR count). The molecule has 4 nitrogen and oxygen atoms in total. The van der Waals surface area contributed by atoms with Gasteiger partial charge in [0.05, 0.1) is 20.1 Å². The SMILES string of the molecule is Cc1ccc(C[N+]2(C)CC3C(CNC(=O)C(O)(c4ccccc4)c4ccccc4)C3C2)cc1.[I-]. The summed E-state index contributed by atoms with van der Waals surface area (Å²) in [5.41, 5.74) is 2.18. The summed E-state index contributed by atoms with van der Waals surface area (Å²) in [6.45, 7) is 6.12. The lowest BCUT2D eigenvalue weighted by Gasteiger charge is -2.33. The van der Waals surface area contributed by atoms with Crippen LogP contribution in [0.5, 0.6) is 0 Å². The third kappa shape index (κ3) is 4.79. The van der Waals surface area contributed by atoms with Crippen LogP contribution in [0.15, 0.2) is 84.9 Å². The Morgan fingerprint density at radius 2 is 1.41 bits per heavy atom. The van der Waals surface area contributed by atoms with Crippen LogP contribution in [0.1, 0.15) is 22.3 Å². The van der Waals surface area contributed by atoms with Gasteiger partial charge in [0.2, 0.25) is 0 Å². The molecular weight excluding hydrogens is 535 g/mol. The summed E-state index contributed by atoms with van der Waals surface area (Å²) in [7, 11) is 2.35. The molecule has 2 unspecified atom stereocenters. The number of aryl methyl sites for hydroxylation is 1. The zero-order chi connectivity index (χ0) is 23.1. The average Bonchev–Trinajstić information content (AvgIpc) is 3.33. The number of aliphatic hydroxyl groups is 1. The van der Waals surface area contributed by atoms with Crippen LogP contribution in [0.4, 0.5) is 0 Å². The number of likely N-dealkylation sites (tertiary alicyclic amines) is 1. The minimum absolute atomic E-state index is 0. The van der Waals surface area contributed by atoms with E-state index in [0.717, 1.165) is 24.1 Å². The summed E-state index contributed by atoms with van der Waals surface area (Å²) in [5.74, 6) is 1.47. The van der Waals surface area contributed by atoms with E-state index in [1.54, 1.807) is 0 Å². The molecule has 1 amide bonds. The number of carbonyl (C=O) groups is 1. The molecule has 3 aromatic rings. The van der Waals surface area contributed by atoms with Gasteiger partial charge in [-0.15, -0.1) is 0 Å². The largest absolute Gasteiger partial charge is 1.00 e. The summed E-state index contributed by atoms with van der Waals surface area (Å²) in [6.07, 6.45) is 0. The van der Waals surface area contributed by atoms with E-state index < -0.39 is 5.60 Å². The smallest absolute Gasteiger partial charge is 0.261 e. The van der Waals surface area contributed by atoms with Gasteiger partial charge in [-0.25, -0.2) is 0 Å². The Bertz CT molecular complexity index is 1070. The molecule has 0 aromatic heterocycles. The number of quaternary nitrogens is 1. The van der Waals surface area contributed by atoms with Crippen LogP contribution in [0, 0.1) is 24.7 Å². The summed E-state index contributed by atoms with van der Waals surface area (Å²) < 4.78 is 1.07. The number of nitrogens with one attached hydrogen (secondary N) is 1. The van der Waals surface area contributed by atoms with Crippen LogP contribution >= 0.6 is 0 Å². The van der Waals surface area contributed by atoms with Gasteiger partial charge in [0.25, 0.3) is 5.91 Å². The van der Waals surface area contributed by atoms with Gasteiger partial charge in [-0.2, -0.15) is 0 Å². The van der Waals surface area contributed by atoms with Crippen LogP contribution in [0.2, 0.25) is 0 Å². The molecule has 1 heterocycles. The minimum Gasteiger partial charge on any atom is -1.00 e. The molecule has 2 atom stereocenters. The molecule has 1 aliphatic heterocycles. The van der Waals surface area contributed by atoms with E-state index in [1.807, 2.05) is 60.7 Å². The molecule has 0 bridgehead atoms. The van der Waals surface area contributed by atoms with E-state index in [-0.39, 0.29) is 29.9 Å². The second-order valence-corrected chi connectivity index (χ2v) is 10.3. The molecule has 5 heteroatoms. The average molecular weight is 568 g/mol. The van der Waals surface area contributed by atoms with Crippen molar-refractivity contribution in [3.8, 4) is 0 Å². The molecule has 34 heavy (non-hydrogen) atoms. The molecule has 0 spiro atoms. The van der Waals surface area contributed by atoms with Crippen LogP contribution in [-0.4, -0.2) is 42.2 Å². The number of carbonyl (C=O) groups excluding carboxylic acids is 1. The molecular formula is C29H33IN2O2. The lowest BCUT2D eigenvalue weighted by atomic mass is 9.85. The van der Waals surface area contributed by atoms with Crippen LogP contribution in [0.25, 0.3) is 0 Å². The molecule has 3 aromatic carbocycles. The van der Waals surface area contributed by atoms with Gasteiger partial charge in [-0.1, -0.05) is 90.5 Å². The van der Waals surface area contributed by atoms with Crippen molar-refractivity contribution in [1.82, 2.24) is 5.32 Å². The van der Waals surface area contributed by atoms with Crippen LogP contribution in [-0.2, 0) is 16.9 Å². The zero-order valence-corrected chi connectivity index (χ0v) is 22.0. The molecule has 1 aliphatic carbocycles. The van der Waals surface area contributed by atoms with Crippen molar-refractivity contribution in [3.05, 3.63) is 107 Å². The van der Waals surface area contributed by atoms with Gasteiger partial charge in [0.15, 0.2) is 5.60 Å². The Balaban J connectivity index is 0.00000274. The summed E-state index contributed by atoms with van der Waals surface area (Å²) >= 11 is 0. The van der Waals surface area contributed by atoms with Crippen molar-refractivity contribution < 1.29 is 38.4 Å². The van der Waals surface area contributed by atoms with Crippen molar-refractivity contribution in [2.45, 2.75) is 19.1 Å². The van der Waals surface area contributed by atoms with Gasteiger partial charge in [0, 0.05) is 23.9 Å². The Hall–Kier alpha value is -2.22. The second kappa shape index (κ2) is 9.80. The standard InChI is InChI=1S/C29H32N2O2.HI/c1-21-13-15-22(16-14-21)18-31(2)19-26-25(27(26)20-31)17-30-28(32)29(33,23-9-5-3-6-10-23)24-11-7-4-8-12-24;/h3-16,25-27,33H,17-20H2,1-2H3;1H. The summed E-state index contributed by atoms with van der Waals surface area (Å²) in [6, 6.07) is 27.3. The Morgan fingerprint density at radius 1 is 0.912 bits per heavy atom. The number of halogens is 1. The number of hydrogen-bond donors (Lipinski definition) is 2. The third-order valence-electron chi connectivity index (χ3n) is 7.71. The number of piperidine rings is 1. The van der Waals surface area contributed by atoms with Crippen molar-refractivity contribution in [2.24, 2.45) is 17.8 Å². The lowest BCUT2D eigenvalue weighted by molar-refractivity contribution is -0.916. The molecule has 2 fully saturated rings. The van der Waals surface area contributed by atoms with Gasteiger partial charge in [-0.3, -0.25) is 4.79 Å². The maximum Gasteiger partial charge on any atom is 0.261 e. The van der Waals surface area contributed by atoms with Gasteiger partial charge >= 0.3 is 0 Å². The predicted octanol–water partition coefficient (Wildman–Crippen LogP) is 0.874. The summed E-state index contributed by atoms with van der Waals surface area (Å²) in [4.78, 5) is 13.3. The molecule has 0 radical (unpaired) electrons. The topological polar surface area (TPSA) is 49.3 Å². The number of benzene rings is 3. The van der Waals surface area contributed by atoms with E-state index in [4.69, 9.17) is 0 Å². The monoisotopic (exact) mass is 568 g/mol. The fourth-order valence-electron chi connectivity index (χ4n) is 5.85. The molecule has 178 valence electrons. The van der Waals surface area contributed by atoms with Crippen molar-refractivity contribution in [3.63, 3.8) is 0 Å². The Labute approximate surface area is 219 Å². The van der Waals surface area contributed by atoms with E-state index >= 15 is 0 Å². The zero-order valence-electron chi connectivity index (χ0n) is 19.8. The van der Waals surface area contributed by atoms with Gasteiger partial charge in [0.1, 0.15) is 6.54 Å². The first kappa shape index (κ1) is 24.9. The highest BCUT2D eigenvalue weighted by Gasteiger charge is 2.61. The van der Waals surface area contributed by atoms with Gasteiger partial charge < -0.3 is 38.9 Å². The van der Waals surface area contributed by atoms with E-state index in [9.17, 15) is 9.90 Å². The second-order valence-electron chi connectivity index (χ2n) is 10.3. The number of rotatable bonds is 7. The normalized spacial score (nSPS) is 25.2. The molecule has 2 aliphatic rings. The maximum absolute atomic E-state index is 13.3. The lowest BCUT2D eigenvalue weighted by Crippen LogP contribution is -3.00. The van der Waals surface area contributed by atoms with Gasteiger partial charge in [-0.05, 0) is 24.0 Å². The first-order chi connectivity index (χ1) is 15.9. The predicted molar refractivity (Wildman–Crippen MR) is 130 cm³/mol. The Kier molecular flexibility index (Phi) is 7.17. The highest BCUT2D eigenvalue weighted by atomic mass is 127. The maximum atomic E-state index is 13.3. The highest BCUT2D eigenvalue weighted by Crippen LogP contribution is 2.54. The fourth-order valence-corrected chi connectivity index (χ4v) is 5.85. The first-order valence-electron chi connectivity index (χ1n) is 11.9. The van der Waals surface area contributed by atoms with Crippen LogP contribution in [0.3, 0.4) is 0 Å². The third-order valence-corrected chi connectivity index (χ3v) is 7.71. The van der Waals surface area contributed by atoms with Crippen molar-refractivity contribution in [2.75, 3.05) is 26.7 Å². The molecule has 2 N–H and O–H groups in total. The molecule has 1 saturated carbocycles. The number of hydrogen-bond acceptors (Lipinski definition) is 2. The quantitative estimate of drug-likeness (QED) is 0.329. The number of fused-ring (bicyclic) bond motifs is 1. The van der Waals surface area contributed by atoms with E-state index in [2.05, 4.69) is 43.6 Å². The van der Waals surface area contributed by atoms with E-state index in [0.29, 0.717) is 35.4 Å². The number of amides is 1. The van der Waals surface area contributed by atoms with E-state index in [1.165, 1.54) is 11.1 Å². The minimum atomic E-state index is -1.69. The Morgan fingerprint density at radius 3 is 1.91 bits per heavy atom.